The van der Waals surface area contributed by atoms with E-state index in [-0.39, 0.29) is 11.9 Å². The van der Waals surface area contributed by atoms with Crippen molar-refractivity contribution in [2.24, 2.45) is 0 Å². The van der Waals surface area contributed by atoms with Crippen LogP contribution in [0.5, 0.6) is 5.75 Å². The molecule has 25 heavy (non-hydrogen) atoms. The number of carbonyl (C=O) groups excluding carboxylic acids is 1. The van der Waals surface area contributed by atoms with E-state index in [0.717, 1.165) is 50.2 Å². The van der Waals surface area contributed by atoms with Gasteiger partial charge in [-0.2, -0.15) is 0 Å². The molecule has 0 aromatic heterocycles. The maximum atomic E-state index is 12.5. The summed E-state index contributed by atoms with van der Waals surface area (Å²) in [6, 6.07) is 7.65. The Balaban J connectivity index is 1.54. The lowest BCUT2D eigenvalue weighted by atomic mass is 9.85. The Morgan fingerprint density at radius 3 is 2.72 bits per heavy atom. The average molecular weight is 347 g/mol. The van der Waals surface area contributed by atoms with Crippen molar-refractivity contribution in [1.82, 2.24) is 10.6 Å². The lowest BCUT2D eigenvalue weighted by Crippen LogP contribution is -2.58. The number of carbonyl (C=O) groups is 1. The van der Waals surface area contributed by atoms with Gasteiger partial charge in [0.25, 0.3) is 0 Å². The minimum absolute atomic E-state index is 0.0304. The van der Waals surface area contributed by atoms with Crippen molar-refractivity contribution in [2.75, 3.05) is 38.2 Å². The molecule has 1 aliphatic heterocycles. The van der Waals surface area contributed by atoms with E-state index in [4.69, 9.17) is 4.74 Å². The van der Waals surface area contributed by atoms with E-state index in [9.17, 15) is 9.90 Å². The molecule has 1 atom stereocenters. The molecule has 1 heterocycles. The molecule has 1 amide bonds. The van der Waals surface area contributed by atoms with Crippen molar-refractivity contribution in [3.8, 4) is 5.75 Å². The minimum Gasteiger partial charge on any atom is -0.497 e. The van der Waals surface area contributed by atoms with Gasteiger partial charge in [0, 0.05) is 31.9 Å². The van der Waals surface area contributed by atoms with Crippen LogP contribution in [0.15, 0.2) is 24.3 Å². The van der Waals surface area contributed by atoms with Gasteiger partial charge in [0.15, 0.2) is 0 Å². The summed E-state index contributed by atoms with van der Waals surface area (Å²) in [5.41, 5.74) is 0.365. The zero-order chi connectivity index (χ0) is 17.7. The van der Waals surface area contributed by atoms with Crippen LogP contribution in [0.3, 0.4) is 0 Å². The molecule has 6 nitrogen and oxygen atoms in total. The van der Waals surface area contributed by atoms with Crippen LogP contribution in [0.25, 0.3) is 0 Å². The molecule has 1 unspecified atom stereocenters. The van der Waals surface area contributed by atoms with E-state index < -0.39 is 5.60 Å². The van der Waals surface area contributed by atoms with Crippen LogP contribution < -0.4 is 20.3 Å². The summed E-state index contributed by atoms with van der Waals surface area (Å²) in [5.74, 6) is 0.797. The van der Waals surface area contributed by atoms with Crippen molar-refractivity contribution < 1.29 is 14.6 Å². The highest BCUT2D eigenvalue weighted by Crippen LogP contribution is 2.27. The standard InChI is InChI=1S/C19H29N3O3/c1-25-16-7-5-15(6-8-16)22-12-11-20-17(13-22)18(23)21-14-19(24)9-3-2-4-10-19/h5-8,17,20,24H,2-4,9-14H2,1H3,(H,21,23). The number of piperazine rings is 1. The number of hydrogen-bond acceptors (Lipinski definition) is 5. The summed E-state index contributed by atoms with van der Waals surface area (Å²) in [7, 11) is 1.65. The molecule has 1 aliphatic carbocycles. The van der Waals surface area contributed by atoms with Gasteiger partial charge in [-0.1, -0.05) is 19.3 Å². The first-order chi connectivity index (χ1) is 12.1. The largest absolute Gasteiger partial charge is 0.497 e. The third kappa shape index (κ3) is 4.64. The fourth-order valence-corrected chi connectivity index (χ4v) is 3.71. The minimum atomic E-state index is -0.724. The first kappa shape index (κ1) is 18.0. The Hall–Kier alpha value is -1.79. The Labute approximate surface area is 149 Å². The third-order valence-electron chi connectivity index (χ3n) is 5.31. The van der Waals surface area contributed by atoms with Crippen molar-refractivity contribution >= 4 is 11.6 Å². The summed E-state index contributed by atoms with van der Waals surface area (Å²) in [4.78, 5) is 14.7. The van der Waals surface area contributed by atoms with Crippen LogP contribution in [-0.2, 0) is 4.79 Å². The van der Waals surface area contributed by atoms with Gasteiger partial charge in [0.1, 0.15) is 11.8 Å². The van der Waals surface area contributed by atoms with Gasteiger partial charge in [0.05, 0.1) is 12.7 Å². The Morgan fingerprint density at radius 1 is 1.32 bits per heavy atom. The summed E-state index contributed by atoms with van der Waals surface area (Å²) in [5, 5.41) is 16.8. The number of ether oxygens (including phenoxy) is 1. The lowest BCUT2D eigenvalue weighted by molar-refractivity contribution is -0.124. The van der Waals surface area contributed by atoms with Crippen LogP contribution in [0.1, 0.15) is 32.1 Å². The molecule has 1 aromatic rings. The fraction of sp³-hybridized carbons (Fsp3) is 0.632. The topological polar surface area (TPSA) is 73.8 Å². The number of rotatable bonds is 5. The van der Waals surface area contributed by atoms with Gasteiger partial charge in [-0.3, -0.25) is 4.79 Å². The fourth-order valence-electron chi connectivity index (χ4n) is 3.71. The molecular weight excluding hydrogens is 318 g/mol. The van der Waals surface area contributed by atoms with E-state index in [1.807, 2.05) is 24.3 Å². The summed E-state index contributed by atoms with van der Waals surface area (Å²) >= 11 is 0. The highest BCUT2D eigenvalue weighted by Gasteiger charge is 2.31. The molecule has 1 saturated carbocycles. The monoisotopic (exact) mass is 347 g/mol. The molecule has 1 saturated heterocycles. The lowest BCUT2D eigenvalue weighted by Gasteiger charge is -2.36. The number of benzene rings is 1. The van der Waals surface area contributed by atoms with Gasteiger partial charge in [0.2, 0.25) is 5.91 Å². The highest BCUT2D eigenvalue weighted by atomic mass is 16.5. The Kier molecular flexibility index (Phi) is 5.81. The second-order valence-electron chi connectivity index (χ2n) is 7.15. The quantitative estimate of drug-likeness (QED) is 0.748. The number of hydrogen-bond donors (Lipinski definition) is 3. The molecule has 3 rings (SSSR count). The van der Waals surface area contributed by atoms with Gasteiger partial charge >= 0.3 is 0 Å². The van der Waals surface area contributed by atoms with Gasteiger partial charge < -0.3 is 25.4 Å². The number of aliphatic hydroxyl groups is 1. The molecule has 0 radical (unpaired) electrons. The predicted octanol–water partition coefficient (Wildman–Crippen LogP) is 1.28. The first-order valence-corrected chi connectivity index (χ1v) is 9.22. The van der Waals surface area contributed by atoms with Crippen LogP contribution in [0, 0.1) is 0 Å². The van der Waals surface area contributed by atoms with Gasteiger partial charge in [-0.05, 0) is 37.1 Å². The third-order valence-corrected chi connectivity index (χ3v) is 5.31. The van der Waals surface area contributed by atoms with E-state index >= 15 is 0 Å². The van der Waals surface area contributed by atoms with Gasteiger partial charge in [-0.15, -0.1) is 0 Å². The van der Waals surface area contributed by atoms with Gasteiger partial charge in [-0.25, -0.2) is 0 Å². The maximum absolute atomic E-state index is 12.5. The van der Waals surface area contributed by atoms with Crippen LogP contribution in [0.2, 0.25) is 0 Å². The van der Waals surface area contributed by atoms with Crippen molar-refractivity contribution in [3.05, 3.63) is 24.3 Å². The predicted molar refractivity (Wildman–Crippen MR) is 98.0 cm³/mol. The second kappa shape index (κ2) is 8.06. The van der Waals surface area contributed by atoms with Crippen LogP contribution in [-0.4, -0.2) is 55.9 Å². The Morgan fingerprint density at radius 2 is 2.04 bits per heavy atom. The zero-order valence-electron chi connectivity index (χ0n) is 15.0. The SMILES string of the molecule is COc1ccc(N2CCNC(C(=O)NCC3(O)CCCCC3)C2)cc1. The molecule has 0 bridgehead atoms. The van der Waals surface area contributed by atoms with E-state index in [0.29, 0.717) is 13.1 Å². The molecule has 1 aromatic carbocycles. The van der Waals surface area contributed by atoms with E-state index in [1.54, 1.807) is 7.11 Å². The Bertz CT molecular complexity index is 570. The average Bonchev–Trinajstić information content (AvgIpc) is 2.67. The van der Waals surface area contributed by atoms with Crippen LogP contribution >= 0.6 is 0 Å². The smallest absolute Gasteiger partial charge is 0.239 e. The number of nitrogens with zero attached hydrogens (tertiary/aromatic N) is 1. The molecular formula is C19H29N3O3. The normalized spacial score (nSPS) is 23.1. The number of methoxy groups -OCH3 is 1. The highest BCUT2D eigenvalue weighted by molar-refractivity contribution is 5.82. The zero-order valence-corrected chi connectivity index (χ0v) is 15.0. The number of amides is 1. The summed E-state index contributed by atoms with van der Waals surface area (Å²) in [6.45, 7) is 2.59. The molecule has 2 fully saturated rings. The summed E-state index contributed by atoms with van der Waals surface area (Å²) < 4.78 is 5.20. The molecule has 138 valence electrons. The molecule has 0 spiro atoms. The second-order valence-corrected chi connectivity index (χ2v) is 7.15. The van der Waals surface area contributed by atoms with Crippen molar-refractivity contribution in [2.45, 2.75) is 43.7 Å². The first-order valence-electron chi connectivity index (χ1n) is 9.22. The van der Waals surface area contributed by atoms with Crippen molar-refractivity contribution in [3.63, 3.8) is 0 Å². The maximum Gasteiger partial charge on any atom is 0.239 e. The number of anilines is 1. The molecule has 2 aliphatic rings. The van der Waals surface area contributed by atoms with Crippen LogP contribution in [0.4, 0.5) is 5.69 Å². The molecule has 3 N–H and O–H groups in total. The summed E-state index contributed by atoms with van der Waals surface area (Å²) in [6.07, 6.45) is 4.82. The molecule has 6 heteroatoms. The van der Waals surface area contributed by atoms with E-state index in [1.165, 1.54) is 6.42 Å². The number of nitrogens with one attached hydrogen (secondary N) is 2. The van der Waals surface area contributed by atoms with Crippen molar-refractivity contribution in [1.29, 1.82) is 0 Å². The van der Waals surface area contributed by atoms with E-state index in [2.05, 4.69) is 15.5 Å².